The summed E-state index contributed by atoms with van der Waals surface area (Å²) in [4.78, 5) is 46.4. The molecule has 1 aromatic carbocycles. The molecule has 1 aromatic heterocycles. The molecular weight excluding hydrogens is 418 g/mol. The topological polar surface area (TPSA) is 94.6 Å². The van der Waals surface area contributed by atoms with Crippen molar-refractivity contribution in [2.45, 2.75) is 40.2 Å². The quantitative estimate of drug-likeness (QED) is 0.700. The summed E-state index contributed by atoms with van der Waals surface area (Å²) in [6.45, 7) is 12.4. The molecule has 33 heavy (non-hydrogen) atoms. The summed E-state index contributed by atoms with van der Waals surface area (Å²) in [6.07, 6.45) is 1.88. The van der Waals surface area contributed by atoms with E-state index in [0.29, 0.717) is 24.2 Å². The molecule has 2 N–H and O–H groups in total. The van der Waals surface area contributed by atoms with Crippen LogP contribution in [0.1, 0.15) is 46.5 Å². The van der Waals surface area contributed by atoms with Crippen molar-refractivity contribution in [2.24, 2.45) is 5.92 Å². The highest BCUT2D eigenvalue weighted by Crippen LogP contribution is 2.35. The molecule has 0 bridgehead atoms. The summed E-state index contributed by atoms with van der Waals surface area (Å²) < 4.78 is 0. The minimum absolute atomic E-state index is 0.0311. The lowest BCUT2D eigenvalue weighted by atomic mass is 9.77. The molecule has 2 aliphatic heterocycles. The zero-order valence-electron chi connectivity index (χ0n) is 19.9. The van der Waals surface area contributed by atoms with Crippen molar-refractivity contribution in [3.63, 3.8) is 0 Å². The van der Waals surface area contributed by atoms with E-state index >= 15 is 0 Å². The molecule has 0 spiro atoms. The standard InChI is InChI=1S/C25H31N5O3/c1-15(2)25(23(32)27-24(33)28-25)20-7-6-19(13-17(20)4)22(31)30-10-8-29(9-11-30)21-18(5)12-16(3)14-26-21/h6-7,12-15H,8-11H2,1-5H3,(H2,27,28,32,33). The van der Waals surface area contributed by atoms with Gasteiger partial charge in [0.2, 0.25) is 0 Å². The highest BCUT2D eigenvalue weighted by Gasteiger charge is 2.50. The van der Waals surface area contributed by atoms with E-state index in [0.717, 1.165) is 35.6 Å². The summed E-state index contributed by atoms with van der Waals surface area (Å²) in [5.74, 6) is 0.428. The minimum Gasteiger partial charge on any atom is -0.353 e. The lowest BCUT2D eigenvalue weighted by molar-refractivity contribution is -0.125. The van der Waals surface area contributed by atoms with Gasteiger partial charge in [0.1, 0.15) is 11.4 Å². The number of hydrogen-bond donors (Lipinski definition) is 2. The van der Waals surface area contributed by atoms with Crippen LogP contribution in [0.4, 0.5) is 10.6 Å². The smallest absolute Gasteiger partial charge is 0.322 e. The molecule has 4 rings (SSSR count). The number of piperazine rings is 1. The third-order valence-electron chi connectivity index (χ3n) is 6.71. The van der Waals surface area contributed by atoms with Crippen molar-refractivity contribution < 1.29 is 14.4 Å². The number of nitrogens with zero attached hydrogens (tertiary/aromatic N) is 3. The first kappa shape index (κ1) is 22.8. The number of pyridine rings is 1. The van der Waals surface area contributed by atoms with Gasteiger partial charge in [0.25, 0.3) is 11.8 Å². The van der Waals surface area contributed by atoms with Crippen LogP contribution in [0.15, 0.2) is 30.5 Å². The maximum Gasteiger partial charge on any atom is 0.322 e. The van der Waals surface area contributed by atoms with Gasteiger partial charge in [0.05, 0.1) is 0 Å². The number of nitrogens with one attached hydrogen (secondary N) is 2. The lowest BCUT2D eigenvalue weighted by Crippen LogP contribution is -2.49. The number of carbonyl (C=O) groups is 3. The maximum absolute atomic E-state index is 13.2. The Kier molecular flexibility index (Phi) is 5.86. The Morgan fingerprint density at radius 3 is 2.27 bits per heavy atom. The van der Waals surface area contributed by atoms with Crippen molar-refractivity contribution >= 4 is 23.7 Å². The predicted octanol–water partition coefficient (Wildman–Crippen LogP) is 2.66. The van der Waals surface area contributed by atoms with E-state index in [2.05, 4.69) is 33.5 Å². The second-order valence-corrected chi connectivity index (χ2v) is 9.33. The van der Waals surface area contributed by atoms with E-state index in [9.17, 15) is 14.4 Å². The van der Waals surface area contributed by atoms with Crippen LogP contribution in [0.2, 0.25) is 0 Å². The van der Waals surface area contributed by atoms with Crippen LogP contribution < -0.4 is 15.5 Å². The fourth-order valence-electron chi connectivity index (χ4n) is 4.96. The molecule has 1 unspecified atom stereocenters. The van der Waals surface area contributed by atoms with Gasteiger partial charge in [-0.3, -0.25) is 14.9 Å². The molecule has 174 valence electrons. The van der Waals surface area contributed by atoms with Crippen LogP contribution in [-0.2, 0) is 10.3 Å². The van der Waals surface area contributed by atoms with E-state index in [1.807, 2.05) is 44.9 Å². The molecule has 4 amide bonds. The van der Waals surface area contributed by atoms with Gasteiger partial charge in [0.15, 0.2) is 0 Å². The highest BCUT2D eigenvalue weighted by molar-refractivity contribution is 6.08. The number of benzene rings is 1. The fourth-order valence-corrected chi connectivity index (χ4v) is 4.96. The zero-order valence-corrected chi connectivity index (χ0v) is 19.9. The number of anilines is 1. The van der Waals surface area contributed by atoms with Gasteiger partial charge >= 0.3 is 6.03 Å². The number of aryl methyl sites for hydroxylation is 3. The number of urea groups is 1. The zero-order chi connectivity index (χ0) is 23.9. The van der Waals surface area contributed by atoms with Crippen molar-refractivity contribution in [1.82, 2.24) is 20.5 Å². The van der Waals surface area contributed by atoms with Crippen LogP contribution in [0, 0.1) is 26.7 Å². The summed E-state index contributed by atoms with van der Waals surface area (Å²) in [6, 6.07) is 7.00. The fraction of sp³-hybridized carbons (Fsp3) is 0.440. The molecule has 3 heterocycles. The van der Waals surface area contributed by atoms with Crippen LogP contribution in [-0.4, -0.2) is 53.9 Å². The van der Waals surface area contributed by atoms with Crippen LogP contribution in [0.5, 0.6) is 0 Å². The van der Waals surface area contributed by atoms with Gasteiger partial charge in [-0.25, -0.2) is 9.78 Å². The van der Waals surface area contributed by atoms with Gasteiger partial charge in [0, 0.05) is 37.9 Å². The average Bonchev–Trinajstić information content (AvgIpc) is 3.08. The van der Waals surface area contributed by atoms with Crippen molar-refractivity contribution in [2.75, 3.05) is 31.1 Å². The molecule has 2 fully saturated rings. The Hall–Kier alpha value is -3.42. The molecule has 0 aliphatic carbocycles. The van der Waals surface area contributed by atoms with Crippen LogP contribution in [0.3, 0.4) is 0 Å². The van der Waals surface area contributed by atoms with Crippen molar-refractivity contribution in [3.05, 3.63) is 58.3 Å². The third-order valence-corrected chi connectivity index (χ3v) is 6.71. The molecule has 2 aliphatic rings. The molecular formula is C25H31N5O3. The minimum atomic E-state index is -1.13. The van der Waals surface area contributed by atoms with Gasteiger partial charge in [-0.15, -0.1) is 0 Å². The molecule has 8 heteroatoms. The second-order valence-electron chi connectivity index (χ2n) is 9.33. The number of imide groups is 1. The molecule has 1 atom stereocenters. The van der Waals surface area contributed by atoms with E-state index in [4.69, 9.17) is 0 Å². The maximum atomic E-state index is 13.2. The number of amides is 4. The Balaban J connectivity index is 1.50. The summed E-state index contributed by atoms with van der Waals surface area (Å²) in [5.41, 5.74) is 3.24. The van der Waals surface area contributed by atoms with E-state index < -0.39 is 11.6 Å². The molecule has 2 saturated heterocycles. The van der Waals surface area contributed by atoms with Crippen LogP contribution in [0.25, 0.3) is 0 Å². The third kappa shape index (κ3) is 3.94. The largest absolute Gasteiger partial charge is 0.353 e. The van der Waals surface area contributed by atoms with Gasteiger partial charge in [-0.2, -0.15) is 0 Å². The first-order chi connectivity index (χ1) is 15.6. The normalized spacial score (nSPS) is 20.8. The second kappa shape index (κ2) is 8.50. The number of carbonyl (C=O) groups excluding carboxylic acids is 3. The average molecular weight is 450 g/mol. The Morgan fingerprint density at radius 1 is 1.03 bits per heavy atom. The SMILES string of the molecule is Cc1cnc(N2CCN(C(=O)c3ccc(C4(C(C)C)NC(=O)NC4=O)c(C)c3)CC2)c(C)c1. The van der Waals surface area contributed by atoms with Crippen molar-refractivity contribution in [3.8, 4) is 0 Å². The molecule has 0 radical (unpaired) electrons. The van der Waals surface area contributed by atoms with Crippen LogP contribution >= 0.6 is 0 Å². The summed E-state index contributed by atoms with van der Waals surface area (Å²) in [5, 5.41) is 5.16. The summed E-state index contributed by atoms with van der Waals surface area (Å²) in [7, 11) is 0. The first-order valence-corrected chi connectivity index (χ1v) is 11.4. The molecule has 2 aromatic rings. The van der Waals surface area contributed by atoms with Gasteiger partial charge in [-0.05, 0) is 61.1 Å². The van der Waals surface area contributed by atoms with Crippen molar-refractivity contribution in [1.29, 1.82) is 0 Å². The Bertz CT molecular complexity index is 1120. The molecule has 8 nitrogen and oxygen atoms in total. The van der Waals surface area contributed by atoms with E-state index in [1.165, 1.54) is 0 Å². The van der Waals surface area contributed by atoms with Gasteiger partial charge in [-0.1, -0.05) is 26.0 Å². The highest BCUT2D eigenvalue weighted by atomic mass is 16.2. The van der Waals surface area contributed by atoms with E-state index in [1.54, 1.807) is 12.1 Å². The van der Waals surface area contributed by atoms with E-state index in [-0.39, 0.29) is 17.7 Å². The number of rotatable bonds is 4. The van der Waals surface area contributed by atoms with Gasteiger partial charge < -0.3 is 15.1 Å². The summed E-state index contributed by atoms with van der Waals surface area (Å²) >= 11 is 0. The number of hydrogen-bond acceptors (Lipinski definition) is 5. The monoisotopic (exact) mass is 449 g/mol. The first-order valence-electron chi connectivity index (χ1n) is 11.4. The number of aromatic nitrogens is 1. The Morgan fingerprint density at radius 2 is 1.73 bits per heavy atom. The molecule has 0 saturated carbocycles. The lowest BCUT2D eigenvalue weighted by Gasteiger charge is -2.36. The predicted molar refractivity (Wildman–Crippen MR) is 126 cm³/mol. The Labute approximate surface area is 194 Å².